The molecule has 4 heteroatoms. The molecule has 3 heterocycles. The van der Waals surface area contributed by atoms with E-state index in [1.165, 1.54) is 63.6 Å². The van der Waals surface area contributed by atoms with Gasteiger partial charge in [-0.05, 0) is 63.1 Å². The van der Waals surface area contributed by atoms with Crippen LogP contribution >= 0.6 is 0 Å². The van der Waals surface area contributed by atoms with E-state index in [9.17, 15) is 0 Å². The van der Waals surface area contributed by atoms with Gasteiger partial charge >= 0.3 is 0 Å². The van der Waals surface area contributed by atoms with Crippen molar-refractivity contribution >= 4 is 11.5 Å². The van der Waals surface area contributed by atoms with Crippen molar-refractivity contribution in [1.82, 2.24) is 10.3 Å². The Hall–Kier alpha value is -1.29. The van der Waals surface area contributed by atoms with Gasteiger partial charge in [0.2, 0.25) is 0 Å². The van der Waals surface area contributed by atoms with Crippen LogP contribution in [0.3, 0.4) is 0 Å². The van der Waals surface area contributed by atoms with Crippen LogP contribution < -0.4 is 15.5 Å². The molecule has 1 aliphatic carbocycles. The number of piperidine rings is 1. The summed E-state index contributed by atoms with van der Waals surface area (Å²) < 4.78 is 0. The Labute approximate surface area is 140 Å². The third-order valence-electron chi connectivity index (χ3n) is 5.96. The second-order valence-electron chi connectivity index (χ2n) is 7.50. The summed E-state index contributed by atoms with van der Waals surface area (Å²) in [4.78, 5) is 7.09. The van der Waals surface area contributed by atoms with Gasteiger partial charge in [0, 0.05) is 25.2 Å². The molecule has 23 heavy (non-hydrogen) atoms. The van der Waals surface area contributed by atoms with Gasteiger partial charge in [0.25, 0.3) is 0 Å². The van der Waals surface area contributed by atoms with Crippen molar-refractivity contribution < 1.29 is 0 Å². The lowest BCUT2D eigenvalue weighted by Gasteiger charge is -2.33. The van der Waals surface area contributed by atoms with E-state index in [0.29, 0.717) is 6.04 Å². The smallest absolute Gasteiger partial charge is 0.128 e. The fourth-order valence-electron chi connectivity index (χ4n) is 4.71. The van der Waals surface area contributed by atoms with Crippen LogP contribution in [0.15, 0.2) is 18.3 Å². The molecule has 3 unspecified atom stereocenters. The molecule has 2 aliphatic heterocycles. The molecule has 3 atom stereocenters. The highest BCUT2D eigenvalue weighted by atomic mass is 15.2. The number of hydrogen-bond donors (Lipinski definition) is 2. The zero-order chi connectivity index (χ0) is 15.5. The molecule has 0 amide bonds. The van der Waals surface area contributed by atoms with Crippen LogP contribution in [0.1, 0.15) is 51.4 Å². The summed E-state index contributed by atoms with van der Waals surface area (Å²) in [6, 6.07) is 5.76. The van der Waals surface area contributed by atoms with Crippen LogP contribution in [0, 0.1) is 5.92 Å². The maximum absolute atomic E-state index is 4.69. The van der Waals surface area contributed by atoms with Crippen LogP contribution in [0.5, 0.6) is 0 Å². The van der Waals surface area contributed by atoms with E-state index >= 15 is 0 Å². The van der Waals surface area contributed by atoms with Crippen molar-refractivity contribution in [3.8, 4) is 0 Å². The highest BCUT2D eigenvalue weighted by Crippen LogP contribution is 2.33. The molecule has 0 bridgehead atoms. The van der Waals surface area contributed by atoms with Gasteiger partial charge in [-0.1, -0.05) is 12.8 Å². The predicted molar refractivity (Wildman–Crippen MR) is 96.1 cm³/mol. The van der Waals surface area contributed by atoms with Gasteiger partial charge in [-0.3, -0.25) is 0 Å². The molecule has 2 saturated heterocycles. The summed E-state index contributed by atoms with van der Waals surface area (Å²) in [5, 5.41) is 7.55. The van der Waals surface area contributed by atoms with E-state index in [2.05, 4.69) is 32.7 Å². The number of nitrogens with zero attached hydrogens (tertiary/aromatic N) is 2. The third-order valence-corrected chi connectivity index (χ3v) is 5.96. The molecule has 1 saturated carbocycles. The Bertz CT molecular complexity index is 489. The lowest BCUT2D eigenvalue weighted by atomic mass is 9.88. The summed E-state index contributed by atoms with van der Waals surface area (Å²) in [6.07, 6.45) is 12.8. The van der Waals surface area contributed by atoms with Crippen LogP contribution in [-0.4, -0.2) is 36.7 Å². The van der Waals surface area contributed by atoms with Gasteiger partial charge in [0.1, 0.15) is 5.82 Å². The molecule has 1 aromatic heterocycles. The number of nitrogens with one attached hydrogen (secondary N) is 2. The maximum Gasteiger partial charge on any atom is 0.128 e. The number of rotatable bonds is 4. The maximum atomic E-state index is 4.69. The summed E-state index contributed by atoms with van der Waals surface area (Å²) in [6.45, 7) is 3.54. The van der Waals surface area contributed by atoms with Gasteiger partial charge in [-0.15, -0.1) is 0 Å². The topological polar surface area (TPSA) is 40.2 Å². The number of pyridine rings is 1. The predicted octanol–water partition coefficient (Wildman–Crippen LogP) is 3.40. The normalized spacial score (nSPS) is 31.5. The molecule has 3 aliphatic rings. The van der Waals surface area contributed by atoms with Gasteiger partial charge in [-0.2, -0.15) is 0 Å². The molecule has 4 rings (SSSR count). The number of hydrogen-bond acceptors (Lipinski definition) is 4. The second-order valence-corrected chi connectivity index (χ2v) is 7.50. The molecule has 0 aromatic carbocycles. The molecule has 0 radical (unpaired) electrons. The second kappa shape index (κ2) is 7.08. The molecule has 2 N–H and O–H groups in total. The molecule has 126 valence electrons. The molecular weight excluding hydrogens is 284 g/mol. The Morgan fingerprint density at radius 1 is 1.00 bits per heavy atom. The minimum absolute atomic E-state index is 0.616. The fourth-order valence-corrected chi connectivity index (χ4v) is 4.71. The fraction of sp³-hybridized carbons (Fsp3) is 0.737. The Balaban J connectivity index is 1.38. The number of anilines is 2. The van der Waals surface area contributed by atoms with Crippen molar-refractivity contribution in [2.24, 2.45) is 5.92 Å². The Morgan fingerprint density at radius 2 is 1.91 bits per heavy atom. The van der Waals surface area contributed by atoms with E-state index in [4.69, 9.17) is 0 Å². The minimum atomic E-state index is 0.616. The van der Waals surface area contributed by atoms with Gasteiger partial charge in [-0.25, -0.2) is 4.98 Å². The van der Waals surface area contributed by atoms with Gasteiger partial charge in [0.05, 0.1) is 11.9 Å². The first-order valence-electron chi connectivity index (χ1n) is 9.61. The van der Waals surface area contributed by atoms with E-state index in [1.807, 2.05) is 6.20 Å². The van der Waals surface area contributed by atoms with Crippen LogP contribution in [-0.2, 0) is 0 Å². The van der Waals surface area contributed by atoms with Gasteiger partial charge < -0.3 is 15.5 Å². The molecule has 1 aromatic rings. The lowest BCUT2D eigenvalue weighted by Crippen LogP contribution is -2.44. The van der Waals surface area contributed by atoms with E-state index in [1.54, 1.807) is 0 Å². The van der Waals surface area contributed by atoms with Crippen molar-refractivity contribution in [3.63, 3.8) is 0 Å². The zero-order valence-corrected chi connectivity index (χ0v) is 14.1. The standard InChI is InChI=1S/C19H30N4/c1-2-11-20-17(7-1)16-6-5-8-18(16)22-15-9-10-19(21-14-15)23-12-3-4-13-23/h9-10,14,16-18,20,22H,1-8,11-13H2. The molecule has 3 fully saturated rings. The van der Waals surface area contributed by atoms with Crippen molar-refractivity contribution in [3.05, 3.63) is 18.3 Å². The first-order valence-corrected chi connectivity index (χ1v) is 9.61. The first-order chi connectivity index (χ1) is 11.4. The van der Waals surface area contributed by atoms with Crippen LogP contribution in [0.2, 0.25) is 0 Å². The van der Waals surface area contributed by atoms with Gasteiger partial charge in [0.15, 0.2) is 0 Å². The average molecular weight is 314 g/mol. The highest BCUT2D eigenvalue weighted by Gasteiger charge is 2.34. The van der Waals surface area contributed by atoms with E-state index in [0.717, 1.165) is 30.9 Å². The monoisotopic (exact) mass is 314 g/mol. The quantitative estimate of drug-likeness (QED) is 0.893. The van der Waals surface area contributed by atoms with E-state index < -0.39 is 0 Å². The highest BCUT2D eigenvalue weighted by molar-refractivity contribution is 5.49. The summed E-state index contributed by atoms with van der Waals surface area (Å²) >= 11 is 0. The largest absolute Gasteiger partial charge is 0.381 e. The lowest BCUT2D eigenvalue weighted by molar-refractivity contribution is 0.286. The van der Waals surface area contributed by atoms with Crippen LogP contribution in [0.4, 0.5) is 11.5 Å². The SMILES string of the molecule is c1cc(N2CCCC2)ncc1NC1CCCC1C1CCCCN1. The summed E-state index contributed by atoms with van der Waals surface area (Å²) in [5.41, 5.74) is 1.20. The van der Waals surface area contributed by atoms with Crippen molar-refractivity contribution in [2.75, 3.05) is 29.9 Å². The molecular formula is C19H30N4. The Kier molecular flexibility index (Phi) is 4.69. The Morgan fingerprint density at radius 3 is 2.65 bits per heavy atom. The van der Waals surface area contributed by atoms with Crippen molar-refractivity contribution in [1.29, 1.82) is 0 Å². The molecule has 0 spiro atoms. The summed E-state index contributed by atoms with van der Waals surface area (Å²) in [7, 11) is 0. The average Bonchev–Trinajstić information content (AvgIpc) is 3.28. The number of aromatic nitrogens is 1. The van der Waals surface area contributed by atoms with Crippen molar-refractivity contribution in [2.45, 2.75) is 63.5 Å². The zero-order valence-electron chi connectivity index (χ0n) is 14.1. The minimum Gasteiger partial charge on any atom is -0.381 e. The van der Waals surface area contributed by atoms with Crippen LogP contribution in [0.25, 0.3) is 0 Å². The first kappa shape index (κ1) is 15.3. The molecule has 4 nitrogen and oxygen atoms in total. The van der Waals surface area contributed by atoms with E-state index in [-0.39, 0.29) is 0 Å². The third kappa shape index (κ3) is 3.47. The summed E-state index contributed by atoms with van der Waals surface area (Å²) in [5.74, 6) is 1.93.